The van der Waals surface area contributed by atoms with Crippen molar-refractivity contribution in [3.8, 4) is 0 Å². The first-order valence-electron chi connectivity index (χ1n) is 12.7. The van der Waals surface area contributed by atoms with Gasteiger partial charge in [-0.3, -0.25) is 4.79 Å². The van der Waals surface area contributed by atoms with E-state index in [0.29, 0.717) is 31.8 Å². The van der Waals surface area contributed by atoms with Crippen molar-refractivity contribution >= 4 is 22.1 Å². The molecule has 0 aromatic heterocycles. The van der Waals surface area contributed by atoms with E-state index >= 15 is 0 Å². The summed E-state index contributed by atoms with van der Waals surface area (Å²) >= 11 is 0. The summed E-state index contributed by atoms with van der Waals surface area (Å²) in [5.74, 6) is 0.428. The number of hydrogen-bond acceptors (Lipinski definition) is 6. The summed E-state index contributed by atoms with van der Waals surface area (Å²) in [5, 5.41) is 0. The van der Waals surface area contributed by atoms with Crippen LogP contribution >= 0.6 is 0 Å². The summed E-state index contributed by atoms with van der Waals surface area (Å²) < 4.78 is 35.6. The lowest BCUT2D eigenvalue weighted by atomic mass is 9.85. The number of amides is 1. The van der Waals surface area contributed by atoms with E-state index in [9.17, 15) is 18.0 Å². The van der Waals surface area contributed by atoms with Crippen LogP contribution in [0.15, 0.2) is 18.2 Å². The lowest BCUT2D eigenvalue weighted by Gasteiger charge is -2.32. The van der Waals surface area contributed by atoms with Crippen LogP contribution in [0.5, 0.6) is 0 Å². The zero-order chi connectivity index (χ0) is 25.6. The zero-order valence-electron chi connectivity index (χ0n) is 21.5. The molecule has 1 saturated heterocycles. The Morgan fingerprint density at radius 3 is 2.46 bits per heavy atom. The van der Waals surface area contributed by atoms with E-state index in [-0.39, 0.29) is 24.1 Å². The summed E-state index contributed by atoms with van der Waals surface area (Å²) in [6.07, 6.45) is 6.86. The number of rotatable bonds is 9. The highest BCUT2D eigenvalue weighted by Gasteiger charge is 2.26. The van der Waals surface area contributed by atoms with Gasteiger partial charge in [0, 0.05) is 26.2 Å². The van der Waals surface area contributed by atoms with E-state index < -0.39 is 10.0 Å². The maximum Gasteiger partial charge on any atom is 0.410 e. The molecule has 0 aliphatic carbocycles. The van der Waals surface area contributed by atoms with Crippen LogP contribution in [0.2, 0.25) is 0 Å². The number of carbonyl (C=O) groups excluding carboxylic acids is 2. The van der Waals surface area contributed by atoms with E-state index in [1.807, 2.05) is 26.0 Å². The van der Waals surface area contributed by atoms with Gasteiger partial charge in [0.2, 0.25) is 10.0 Å². The highest BCUT2D eigenvalue weighted by molar-refractivity contribution is 7.88. The van der Waals surface area contributed by atoms with Crippen LogP contribution in [-0.4, -0.2) is 68.8 Å². The molecule has 2 aliphatic rings. The second kappa shape index (κ2) is 12.2. The molecule has 1 unspecified atom stereocenters. The predicted molar refractivity (Wildman–Crippen MR) is 135 cm³/mol. The number of ether oxygens (including phenoxy) is 2. The number of nitrogens with zero attached hydrogens (tertiary/aromatic N) is 2. The van der Waals surface area contributed by atoms with Crippen LogP contribution in [0.4, 0.5) is 4.79 Å². The monoisotopic (exact) mass is 508 g/mol. The van der Waals surface area contributed by atoms with Crippen molar-refractivity contribution in [1.29, 1.82) is 0 Å². The molecular formula is C26H40N2O6S. The van der Waals surface area contributed by atoms with Gasteiger partial charge in [-0.15, -0.1) is 0 Å². The van der Waals surface area contributed by atoms with Gasteiger partial charge in [0.05, 0.1) is 25.9 Å². The first-order valence-corrected chi connectivity index (χ1v) is 14.5. The SMILES string of the molecule is COC(=O)CC(CCCC1CCN(C(=O)OC(C)C)CC1)c1ccc2c(c1)CCN(S(C)(=O)=O)C2. The molecule has 1 aromatic carbocycles. The van der Waals surface area contributed by atoms with Crippen LogP contribution < -0.4 is 0 Å². The van der Waals surface area contributed by atoms with Crippen molar-refractivity contribution in [1.82, 2.24) is 9.21 Å². The van der Waals surface area contributed by atoms with E-state index in [0.717, 1.165) is 61.9 Å². The molecule has 3 rings (SSSR count). The maximum atomic E-state index is 12.1. The molecule has 1 amide bonds. The Morgan fingerprint density at radius 1 is 1.11 bits per heavy atom. The third-order valence-electron chi connectivity index (χ3n) is 7.16. The number of fused-ring (bicyclic) bond motifs is 1. The minimum Gasteiger partial charge on any atom is -0.469 e. The number of hydrogen-bond donors (Lipinski definition) is 0. The van der Waals surface area contributed by atoms with Crippen LogP contribution in [0.3, 0.4) is 0 Å². The number of sulfonamides is 1. The molecule has 35 heavy (non-hydrogen) atoms. The number of piperidine rings is 1. The quantitative estimate of drug-likeness (QED) is 0.467. The number of benzene rings is 1. The van der Waals surface area contributed by atoms with Gasteiger partial charge in [-0.1, -0.05) is 31.0 Å². The number of esters is 1. The van der Waals surface area contributed by atoms with Crippen molar-refractivity contribution in [2.45, 2.75) is 77.4 Å². The molecule has 0 bridgehead atoms. The number of carbonyl (C=O) groups is 2. The molecular weight excluding hydrogens is 468 g/mol. The minimum atomic E-state index is -3.21. The molecule has 0 N–H and O–H groups in total. The average molecular weight is 509 g/mol. The lowest BCUT2D eigenvalue weighted by molar-refractivity contribution is -0.141. The van der Waals surface area contributed by atoms with E-state index in [2.05, 4.69) is 6.07 Å². The molecule has 0 saturated carbocycles. The van der Waals surface area contributed by atoms with Gasteiger partial charge in [-0.05, 0) is 68.1 Å². The third-order valence-corrected chi connectivity index (χ3v) is 8.41. The second-order valence-corrected chi connectivity index (χ2v) is 12.1. The fraction of sp³-hybridized carbons (Fsp3) is 0.692. The second-order valence-electron chi connectivity index (χ2n) is 10.1. The van der Waals surface area contributed by atoms with E-state index in [1.165, 1.54) is 17.7 Å². The minimum absolute atomic E-state index is 0.0711. The van der Waals surface area contributed by atoms with Gasteiger partial charge in [-0.2, -0.15) is 4.31 Å². The Balaban J connectivity index is 1.57. The van der Waals surface area contributed by atoms with Crippen molar-refractivity contribution in [3.63, 3.8) is 0 Å². The largest absolute Gasteiger partial charge is 0.469 e. The van der Waals surface area contributed by atoms with Crippen molar-refractivity contribution < 1.29 is 27.5 Å². The fourth-order valence-electron chi connectivity index (χ4n) is 5.09. The Labute approximate surface area is 210 Å². The summed E-state index contributed by atoms with van der Waals surface area (Å²) in [5.41, 5.74) is 3.32. The van der Waals surface area contributed by atoms with E-state index in [4.69, 9.17) is 9.47 Å². The first kappa shape index (κ1) is 27.5. The summed E-state index contributed by atoms with van der Waals surface area (Å²) in [4.78, 5) is 26.0. The van der Waals surface area contributed by atoms with E-state index in [1.54, 1.807) is 4.90 Å². The molecule has 0 radical (unpaired) electrons. The van der Waals surface area contributed by atoms with Crippen LogP contribution in [0, 0.1) is 5.92 Å². The highest BCUT2D eigenvalue weighted by atomic mass is 32.2. The Hall–Kier alpha value is -2.13. The molecule has 2 aliphatic heterocycles. The predicted octanol–water partition coefficient (Wildman–Crippen LogP) is 4.08. The third kappa shape index (κ3) is 7.93. The van der Waals surface area contributed by atoms with Gasteiger partial charge in [0.1, 0.15) is 0 Å². The smallest absolute Gasteiger partial charge is 0.410 e. The van der Waals surface area contributed by atoms with Crippen LogP contribution in [-0.2, 0) is 37.3 Å². The van der Waals surface area contributed by atoms with Crippen molar-refractivity contribution in [2.75, 3.05) is 33.0 Å². The topological polar surface area (TPSA) is 93.2 Å². The average Bonchev–Trinajstić information content (AvgIpc) is 2.82. The maximum absolute atomic E-state index is 12.1. The van der Waals surface area contributed by atoms with Gasteiger partial charge >= 0.3 is 12.1 Å². The molecule has 1 aromatic rings. The van der Waals surface area contributed by atoms with Crippen LogP contribution in [0.1, 0.15) is 75.0 Å². The normalized spacial score (nSPS) is 18.3. The molecule has 9 heteroatoms. The standard InChI is InChI=1S/C26H40N2O6S/c1-19(2)34-26(30)27-13-10-20(11-14-27)6-5-7-21(17-25(29)33-3)22-8-9-24-18-28(35(4,31)32)15-12-23(24)16-22/h8-9,16,19-21H,5-7,10-15,17-18H2,1-4H3. The molecule has 1 atom stereocenters. The van der Waals surface area contributed by atoms with Crippen molar-refractivity contribution in [2.24, 2.45) is 5.92 Å². The number of likely N-dealkylation sites (tertiary alicyclic amines) is 1. The zero-order valence-corrected chi connectivity index (χ0v) is 22.3. The molecule has 196 valence electrons. The first-order chi connectivity index (χ1) is 16.6. The highest BCUT2D eigenvalue weighted by Crippen LogP contribution is 2.32. The van der Waals surface area contributed by atoms with Gasteiger partial charge in [-0.25, -0.2) is 13.2 Å². The summed E-state index contributed by atoms with van der Waals surface area (Å²) in [6.45, 7) is 6.08. The molecule has 2 heterocycles. The molecule has 1 fully saturated rings. The molecule has 0 spiro atoms. The fourth-order valence-corrected chi connectivity index (χ4v) is 5.88. The summed E-state index contributed by atoms with van der Waals surface area (Å²) in [7, 11) is -1.79. The lowest BCUT2D eigenvalue weighted by Crippen LogP contribution is -2.39. The Morgan fingerprint density at radius 2 is 1.83 bits per heavy atom. The van der Waals surface area contributed by atoms with Crippen molar-refractivity contribution in [3.05, 3.63) is 34.9 Å². The Bertz CT molecular complexity index is 986. The Kier molecular flexibility index (Phi) is 9.58. The van der Waals surface area contributed by atoms with Gasteiger partial charge in [0.15, 0.2) is 0 Å². The van der Waals surface area contributed by atoms with Gasteiger partial charge in [0.25, 0.3) is 0 Å². The molecule has 8 nitrogen and oxygen atoms in total. The van der Waals surface area contributed by atoms with Crippen LogP contribution in [0.25, 0.3) is 0 Å². The number of methoxy groups -OCH3 is 1. The summed E-state index contributed by atoms with van der Waals surface area (Å²) in [6, 6.07) is 6.21. The van der Waals surface area contributed by atoms with Gasteiger partial charge < -0.3 is 14.4 Å².